The Kier molecular flexibility index (Phi) is 5.48. The monoisotopic (exact) mass is 289 g/mol. The molecule has 1 atom stereocenters. The molecule has 0 spiro atoms. The third kappa shape index (κ3) is 4.38. The maximum Gasteiger partial charge on any atom is 0.242 e. The number of hydrogen-bond acceptors (Lipinski definition) is 3. The predicted molar refractivity (Wildman–Crippen MR) is 88.9 cm³/mol. The number of carbonyl (C=O) groups excluding carboxylic acids is 1. The molecule has 1 aromatic rings. The molecular weight excluding hydrogens is 262 g/mol. The van der Waals surface area contributed by atoms with Crippen molar-refractivity contribution in [1.82, 2.24) is 5.32 Å². The fourth-order valence-electron chi connectivity index (χ4n) is 2.86. The van der Waals surface area contributed by atoms with E-state index in [-0.39, 0.29) is 11.9 Å². The molecule has 0 aliphatic heterocycles. The van der Waals surface area contributed by atoms with Crippen LogP contribution in [0.2, 0.25) is 0 Å². The first-order chi connectivity index (χ1) is 10.1. The number of amides is 1. The average molecular weight is 289 g/mol. The van der Waals surface area contributed by atoms with E-state index in [2.05, 4.69) is 10.6 Å². The maximum atomic E-state index is 12.3. The molecule has 4 nitrogen and oxygen atoms in total. The van der Waals surface area contributed by atoms with Gasteiger partial charge in [-0.25, -0.2) is 0 Å². The normalized spacial score (nSPS) is 17.1. The second-order valence-electron chi connectivity index (χ2n) is 6.12. The summed E-state index contributed by atoms with van der Waals surface area (Å²) < 4.78 is 0. The highest BCUT2D eigenvalue weighted by molar-refractivity contribution is 5.86. The van der Waals surface area contributed by atoms with Crippen molar-refractivity contribution < 1.29 is 4.79 Å². The summed E-state index contributed by atoms with van der Waals surface area (Å²) in [5, 5.41) is 6.50. The zero-order chi connectivity index (χ0) is 15.2. The highest BCUT2D eigenvalue weighted by atomic mass is 16.2. The number of nitrogens with zero attached hydrogens (tertiary/aromatic N) is 1. The summed E-state index contributed by atoms with van der Waals surface area (Å²) in [6.45, 7) is 1.92. The summed E-state index contributed by atoms with van der Waals surface area (Å²) in [6, 6.07) is 8.19. The van der Waals surface area contributed by atoms with Crippen LogP contribution in [0.5, 0.6) is 0 Å². The number of rotatable bonds is 5. The standard InChI is InChI=1S/C17H27N3O/c1-13(17(21)19-14-9-5-4-6-10-14)18-15-11-7-8-12-16(15)20(2)3/h7-8,11-14,18H,4-6,9-10H2,1-3H3,(H,19,21). The van der Waals surface area contributed by atoms with Gasteiger partial charge < -0.3 is 15.5 Å². The van der Waals surface area contributed by atoms with Crippen LogP contribution in [0.1, 0.15) is 39.0 Å². The van der Waals surface area contributed by atoms with Crippen LogP contribution in [-0.2, 0) is 4.79 Å². The number of anilines is 2. The lowest BCUT2D eigenvalue weighted by Crippen LogP contribution is -2.44. The molecule has 116 valence electrons. The van der Waals surface area contributed by atoms with Crippen molar-refractivity contribution in [2.24, 2.45) is 0 Å². The lowest BCUT2D eigenvalue weighted by Gasteiger charge is -2.26. The van der Waals surface area contributed by atoms with E-state index in [9.17, 15) is 4.79 Å². The van der Waals surface area contributed by atoms with Crippen LogP contribution in [-0.4, -0.2) is 32.1 Å². The Morgan fingerprint density at radius 3 is 2.52 bits per heavy atom. The van der Waals surface area contributed by atoms with Gasteiger partial charge in [0.15, 0.2) is 0 Å². The van der Waals surface area contributed by atoms with E-state index in [4.69, 9.17) is 0 Å². The van der Waals surface area contributed by atoms with Crippen molar-refractivity contribution in [3.8, 4) is 0 Å². The van der Waals surface area contributed by atoms with Crippen molar-refractivity contribution >= 4 is 17.3 Å². The summed E-state index contributed by atoms with van der Waals surface area (Å²) in [4.78, 5) is 14.4. The summed E-state index contributed by atoms with van der Waals surface area (Å²) in [5.41, 5.74) is 2.09. The molecule has 1 aromatic carbocycles. The molecule has 1 fully saturated rings. The van der Waals surface area contributed by atoms with Gasteiger partial charge >= 0.3 is 0 Å². The van der Waals surface area contributed by atoms with Gasteiger partial charge in [-0.2, -0.15) is 0 Å². The Hall–Kier alpha value is -1.71. The van der Waals surface area contributed by atoms with Gasteiger partial charge in [0.25, 0.3) is 0 Å². The predicted octanol–water partition coefficient (Wildman–Crippen LogP) is 3.00. The number of nitrogens with one attached hydrogen (secondary N) is 2. The van der Waals surface area contributed by atoms with Gasteiger partial charge in [0.1, 0.15) is 6.04 Å². The molecule has 1 amide bonds. The Bertz CT molecular complexity index is 467. The number of hydrogen-bond donors (Lipinski definition) is 2. The van der Waals surface area contributed by atoms with Gasteiger partial charge in [0.05, 0.1) is 11.4 Å². The molecule has 0 aromatic heterocycles. The maximum absolute atomic E-state index is 12.3. The largest absolute Gasteiger partial charge is 0.376 e. The van der Waals surface area contributed by atoms with E-state index in [1.54, 1.807) is 0 Å². The fourth-order valence-corrected chi connectivity index (χ4v) is 2.86. The molecule has 21 heavy (non-hydrogen) atoms. The van der Waals surface area contributed by atoms with Gasteiger partial charge in [0.2, 0.25) is 5.91 Å². The van der Waals surface area contributed by atoms with Crippen LogP contribution < -0.4 is 15.5 Å². The van der Waals surface area contributed by atoms with E-state index in [0.717, 1.165) is 24.2 Å². The fraction of sp³-hybridized carbons (Fsp3) is 0.588. The summed E-state index contributed by atoms with van der Waals surface area (Å²) in [7, 11) is 4.01. The molecule has 0 saturated heterocycles. The van der Waals surface area contributed by atoms with Crippen LogP contribution in [0.4, 0.5) is 11.4 Å². The van der Waals surface area contributed by atoms with Crippen LogP contribution in [0.3, 0.4) is 0 Å². The average Bonchev–Trinajstić information content (AvgIpc) is 2.48. The Morgan fingerprint density at radius 1 is 1.19 bits per heavy atom. The minimum absolute atomic E-state index is 0.0930. The molecule has 2 N–H and O–H groups in total. The zero-order valence-corrected chi connectivity index (χ0v) is 13.4. The smallest absolute Gasteiger partial charge is 0.242 e. The number of para-hydroxylation sites is 2. The molecule has 1 saturated carbocycles. The molecule has 1 unspecified atom stereocenters. The Labute approximate surface area is 127 Å². The van der Waals surface area contributed by atoms with E-state index in [1.165, 1.54) is 19.3 Å². The van der Waals surface area contributed by atoms with E-state index in [0.29, 0.717) is 6.04 Å². The number of benzene rings is 1. The number of carbonyl (C=O) groups is 1. The second-order valence-corrected chi connectivity index (χ2v) is 6.12. The Balaban J connectivity index is 1.94. The van der Waals surface area contributed by atoms with Crippen LogP contribution >= 0.6 is 0 Å². The van der Waals surface area contributed by atoms with Crippen molar-refractivity contribution in [3.63, 3.8) is 0 Å². The lowest BCUT2D eigenvalue weighted by molar-refractivity contribution is -0.122. The molecule has 4 heteroatoms. The van der Waals surface area contributed by atoms with Gasteiger partial charge in [-0.05, 0) is 31.9 Å². The molecule has 0 heterocycles. The molecular formula is C17H27N3O. The highest BCUT2D eigenvalue weighted by Crippen LogP contribution is 2.24. The van der Waals surface area contributed by atoms with Crippen molar-refractivity contribution in [2.45, 2.75) is 51.1 Å². The van der Waals surface area contributed by atoms with Gasteiger partial charge in [-0.3, -0.25) is 4.79 Å². The highest BCUT2D eigenvalue weighted by Gasteiger charge is 2.20. The van der Waals surface area contributed by atoms with Crippen LogP contribution in [0, 0.1) is 0 Å². The van der Waals surface area contributed by atoms with Gasteiger partial charge in [0, 0.05) is 20.1 Å². The molecule has 1 aliphatic rings. The second kappa shape index (κ2) is 7.34. The third-order valence-corrected chi connectivity index (χ3v) is 4.10. The molecule has 0 radical (unpaired) electrons. The van der Waals surface area contributed by atoms with Crippen molar-refractivity contribution in [1.29, 1.82) is 0 Å². The van der Waals surface area contributed by atoms with Gasteiger partial charge in [-0.15, -0.1) is 0 Å². The SMILES string of the molecule is CC(Nc1ccccc1N(C)C)C(=O)NC1CCCCC1. The van der Waals surface area contributed by atoms with E-state index in [1.807, 2.05) is 50.2 Å². The summed E-state index contributed by atoms with van der Waals surface area (Å²) in [6.07, 6.45) is 6.00. The first kappa shape index (κ1) is 15.7. The van der Waals surface area contributed by atoms with E-state index < -0.39 is 0 Å². The summed E-state index contributed by atoms with van der Waals surface area (Å²) >= 11 is 0. The van der Waals surface area contributed by atoms with Crippen LogP contribution in [0.25, 0.3) is 0 Å². The van der Waals surface area contributed by atoms with E-state index >= 15 is 0 Å². The minimum atomic E-state index is -0.229. The molecule has 1 aliphatic carbocycles. The minimum Gasteiger partial charge on any atom is -0.376 e. The topological polar surface area (TPSA) is 44.4 Å². The van der Waals surface area contributed by atoms with Crippen LogP contribution in [0.15, 0.2) is 24.3 Å². The first-order valence-corrected chi connectivity index (χ1v) is 7.91. The quantitative estimate of drug-likeness (QED) is 0.876. The summed E-state index contributed by atoms with van der Waals surface area (Å²) in [5.74, 6) is 0.0930. The zero-order valence-electron chi connectivity index (χ0n) is 13.4. The first-order valence-electron chi connectivity index (χ1n) is 7.91. The molecule has 0 bridgehead atoms. The van der Waals surface area contributed by atoms with Crippen molar-refractivity contribution in [2.75, 3.05) is 24.3 Å². The Morgan fingerprint density at radius 2 is 1.86 bits per heavy atom. The van der Waals surface area contributed by atoms with Gasteiger partial charge in [-0.1, -0.05) is 31.4 Å². The third-order valence-electron chi connectivity index (χ3n) is 4.10. The lowest BCUT2D eigenvalue weighted by atomic mass is 9.95. The molecule has 2 rings (SSSR count). The van der Waals surface area contributed by atoms with Crippen molar-refractivity contribution in [3.05, 3.63) is 24.3 Å².